The Labute approximate surface area is 174 Å². The molecule has 6 nitrogen and oxygen atoms in total. The van der Waals surface area contributed by atoms with Crippen molar-refractivity contribution in [3.63, 3.8) is 0 Å². The van der Waals surface area contributed by atoms with Gasteiger partial charge in [0.05, 0.1) is 26.4 Å². The zero-order valence-corrected chi connectivity index (χ0v) is 16.8. The lowest BCUT2D eigenvalue weighted by molar-refractivity contribution is -0.140. The number of esters is 2. The van der Waals surface area contributed by atoms with E-state index in [4.69, 9.17) is 14.2 Å². The number of fused-ring (bicyclic) bond motifs is 1. The molecule has 0 N–H and O–H groups in total. The largest absolute Gasteiger partial charge is 0.466 e. The molecule has 0 atom stereocenters. The number of ether oxygens (including phenoxy) is 3. The van der Waals surface area contributed by atoms with Crippen LogP contribution in [0.3, 0.4) is 0 Å². The van der Waals surface area contributed by atoms with E-state index in [0.717, 1.165) is 16.5 Å². The number of carbonyl (C=O) groups is 2. The fourth-order valence-corrected chi connectivity index (χ4v) is 3.65. The Morgan fingerprint density at radius 1 is 0.867 bits per heavy atom. The molecular weight excluding hydrogens is 382 g/mol. The van der Waals surface area contributed by atoms with E-state index in [1.54, 1.807) is 4.90 Å². The Bertz CT molecular complexity index is 1130. The first-order valence-corrected chi connectivity index (χ1v) is 9.47. The van der Waals surface area contributed by atoms with Crippen molar-refractivity contribution >= 4 is 28.4 Å². The van der Waals surface area contributed by atoms with Gasteiger partial charge in [-0.3, -0.25) is 0 Å². The fraction of sp³-hybridized carbons (Fsp3) is 0.167. The van der Waals surface area contributed by atoms with Gasteiger partial charge in [-0.25, -0.2) is 9.59 Å². The molecular formula is C24H21NO5. The number of carbonyl (C=O) groups excluding carboxylic acids is 2. The van der Waals surface area contributed by atoms with Crippen molar-refractivity contribution in [3.8, 4) is 11.1 Å². The Balaban J connectivity index is 1.74. The number of hydrogen-bond acceptors (Lipinski definition) is 6. The molecule has 1 aliphatic heterocycles. The minimum Gasteiger partial charge on any atom is -0.466 e. The highest BCUT2D eigenvalue weighted by atomic mass is 16.5. The summed E-state index contributed by atoms with van der Waals surface area (Å²) in [7, 11) is 2.55. The standard InChI is InChI=1S/C24H21NO5/c1-28-23(26)21-14-30-15-25(22(21)24(27)29-2)18-12-10-17(11-13-18)20-9-5-7-16-6-3-4-8-19(16)20/h3-13H,14-15H2,1-2H3. The van der Waals surface area contributed by atoms with Gasteiger partial charge >= 0.3 is 11.9 Å². The van der Waals surface area contributed by atoms with E-state index in [1.807, 2.05) is 42.5 Å². The summed E-state index contributed by atoms with van der Waals surface area (Å²) >= 11 is 0. The quantitative estimate of drug-likeness (QED) is 0.616. The first-order chi connectivity index (χ1) is 14.6. The van der Waals surface area contributed by atoms with E-state index in [1.165, 1.54) is 19.6 Å². The zero-order valence-electron chi connectivity index (χ0n) is 16.8. The second-order valence-electron chi connectivity index (χ2n) is 6.79. The highest BCUT2D eigenvalue weighted by Gasteiger charge is 2.32. The van der Waals surface area contributed by atoms with Gasteiger partial charge in [0.25, 0.3) is 0 Å². The van der Waals surface area contributed by atoms with Crippen LogP contribution >= 0.6 is 0 Å². The van der Waals surface area contributed by atoms with Crippen molar-refractivity contribution in [3.05, 3.63) is 78.0 Å². The van der Waals surface area contributed by atoms with Gasteiger partial charge in [-0.05, 0) is 34.0 Å². The zero-order chi connectivity index (χ0) is 21.1. The maximum absolute atomic E-state index is 12.4. The topological polar surface area (TPSA) is 65.1 Å². The number of nitrogens with zero attached hydrogens (tertiary/aromatic N) is 1. The third-order valence-electron chi connectivity index (χ3n) is 5.11. The number of rotatable bonds is 4. The lowest BCUT2D eigenvalue weighted by Gasteiger charge is -2.31. The predicted octanol–water partition coefficient (Wildman–Crippen LogP) is 3.90. The molecule has 0 amide bonds. The molecule has 0 aliphatic carbocycles. The average Bonchev–Trinajstić information content (AvgIpc) is 2.82. The molecule has 152 valence electrons. The molecule has 0 bridgehead atoms. The highest BCUT2D eigenvalue weighted by molar-refractivity contribution is 6.03. The number of anilines is 1. The van der Waals surface area contributed by atoms with Gasteiger partial charge in [-0.1, -0.05) is 54.6 Å². The third-order valence-corrected chi connectivity index (χ3v) is 5.11. The van der Waals surface area contributed by atoms with E-state index in [9.17, 15) is 9.59 Å². The second kappa shape index (κ2) is 8.39. The van der Waals surface area contributed by atoms with Crippen LogP contribution in [-0.2, 0) is 23.8 Å². The molecule has 0 spiro atoms. The van der Waals surface area contributed by atoms with Crippen molar-refractivity contribution < 1.29 is 23.8 Å². The van der Waals surface area contributed by atoms with Crippen molar-refractivity contribution in [2.75, 3.05) is 32.5 Å². The van der Waals surface area contributed by atoms with Gasteiger partial charge in [-0.2, -0.15) is 0 Å². The summed E-state index contributed by atoms with van der Waals surface area (Å²) in [6.45, 7) is 0.111. The molecule has 0 aromatic heterocycles. The molecule has 3 aromatic carbocycles. The minimum absolute atomic E-state index is 0.0122. The molecule has 4 rings (SSSR count). The van der Waals surface area contributed by atoms with Crippen LogP contribution in [0.25, 0.3) is 21.9 Å². The summed E-state index contributed by atoms with van der Waals surface area (Å²) in [5.74, 6) is -1.23. The van der Waals surface area contributed by atoms with E-state index in [0.29, 0.717) is 5.69 Å². The number of methoxy groups -OCH3 is 2. The molecule has 1 aliphatic rings. The van der Waals surface area contributed by atoms with Crippen molar-refractivity contribution in [1.82, 2.24) is 0 Å². The summed E-state index contributed by atoms with van der Waals surface area (Å²) < 4.78 is 15.2. The van der Waals surface area contributed by atoms with Crippen LogP contribution in [0.2, 0.25) is 0 Å². The molecule has 30 heavy (non-hydrogen) atoms. The molecule has 0 fully saturated rings. The van der Waals surface area contributed by atoms with Gasteiger partial charge in [0, 0.05) is 5.69 Å². The summed E-state index contributed by atoms with van der Waals surface area (Å²) in [4.78, 5) is 26.2. The van der Waals surface area contributed by atoms with Crippen LogP contribution in [0.5, 0.6) is 0 Å². The maximum atomic E-state index is 12.4. The summed E-state index contributed by atoms with van der Waals surface area (Å²) in [6.07, 6.45) is 0. The van der Waals surface area contributed by atoms with Crippen molar-refractivity contribution in [2.45, 2.75) is 0 Å². The van der Waals surface area contributed by atoms with Gasteiger partial charge in [0.1, 0.15) is 12.4 Å². The summed E-state index contributed by atoms with van der Waals surface area (Å²) in [6, 6.07) is 22.2. The van der Waals surface area contributed by atoms with E-state index in [2.05, 4.69) is 24.3 Å². The fourth-order valence-electron chi connectivity index (χ4n) is 3.65. The van der Waals surface area contributed by atoms with Gasteiger partial charge < -0.3 is 19.1 Å². The Kier molecular flexibility index (Phi) is 5.50. The maximum Gasteiger partial charge on any atom is 0.355 e. The minimum atomic E-state index is -0.618. The van der Waals surface area contributed by atoms with Crippen molar-refractivity contribution in [1.29, 1.82) is 0 Å². The van der Waals surface area contributed by atoms with E-state index >= 15 is 0 Å². The molecule has 0 radical (unpaired) electrons. The van der Waals surface area contributed by atoms with Crippen LogP contribution in [0.4, 0.5) is 5.69 Å². The number of hydrogen-bond donors (Lipinski definition) is 0. The predicted molar refractivity (Wildman–Crippen MR) is 114 cm³/mol. The molecule has 3 aromatic rings. The summed E-state index contributed by atoms with van der Waals surface area (Å²) in [5.41, 5.74) is 3.14. The Morgan fingerprint density at radius 2 is 1.57 bits per heavy atom. The average molecular weight is 403 g/mol. The second-order valence-corrected chi connectivity index (χ2v) is 6.79. The smallest absolute Gasteiger partial charge is 0.355 e. The lowest BCUT2D eigenvalue weighted by Crippen LogP contribution is -2.38. The van der Waals surface area contributed by atoms with E-state index < -0.39 is 11.9 Å². The molecule has 0 unspecified atom stereocenters. The Hall–Kier alpha value is -3.64. The van der Waals surface area contributed by atoms with Crippen LogP contribution in [-0.4, -0.2) is 39.5 Å². The third kappa shape index (κ3) is 3.53. The number of benzene rings is 3. The monoisotopic (exact) mass is 403 g/mol. The lowest BCUT2D eigenvalue weighted by atomic mass is 9.98. The SMILES string of the molecule is COC(=O)C1=C(C(=O)OC)N(c2ccc(-c3cccc4ccccc34)cc2)COC1. The van der Waals surface area contributed by atoms with E-state index in [-0.39, 0.29) is 24.6 Å². The van der Waals surface area contributed by atoms with Gasteiger partial charge in [0.15, 0.2) is 0 Å². The normalized spacial score (nSPS) is 14.0. The molecule has 0 saturated heterocycles. The highest BCUT2D eigenvalue weighted by Crippen LogP contribution is 2.32. The van der Waals surface area contributed by atoms with Crippen LogP contribution in [0, 0.1) is 0 Å². The first-order valence-electron chi connectivity index (χ1n) is 9.47. The molecule has 6 heteroatoms. The Morgan fingerprint density at radius 3 is 2.30 bits per heavy atom. The van der Waals surface area contributed by atoms with Gasteiger partial charge in [-0.15, -0.1) is 0 Å². The van der Waals surface area contributed by atoms with Crippen molar-refractivity contribution in [2.24, 2.45) is 0 Å². The van der Waals surface area contributed by atoms with Crippen LogP contribution in [0.15, 0.2) is 78.0 Å². The first kappa shape index (κ1) is 19.7. The summed E-state index contributed by atoms with van der Waals surface area (Å²) in [5, 5.41) is 2.33. The van der Waals surface area contributed by atoms with Gasteiger partial charge in [0.2, 0.25) is 0 Å². The molecule has 0 saturated carbocycles. The molecule has 1 heterocycles. The van der Waals surface area contributed by atoms with Crippen LogP contribution < -0.4 is 4.90 Å². The van der Waals surface area contributed by atoms with Crippen LogP contribution in [0.1, 0.15) is 0 Å².